The van der Waals surface area contributed by atoms with Crippen LogP contribution in [0.5, 0.6) is 0 Å². The maximum Gasteiger partial charge on any atom is 0.332 e. The molecular weight excluding hydrogens is 247 g/mol. The lowest BCUT2D eigenvalue weighted by atomic mass is 10.1. The Morgan fingerprint density at radius 1 is 1.41 bits per heavy atom. The van der Waals surface area contributed by atoms with E-state index in [-0.39, 0.29) is 5.91 Å². The molecule has 1 unspecified atom stereocenters. The molecule has 0 spiro atoms. The molecule has 0 fully saturated rings. The van der Waals surface area contributed by atoms with Crippen molar-refractivity contribution in [2.45, 2.75) is 23.8 Å². The molecule has 0 aliphatic carbocycles. The second-order valence-electron chi connectivity index (χ2n) is 3.89. The third-order valence-corrected chi connectivity index (χ3v) is 3.49. The monoisotopic (exact) mass is 258 g/mol. The highest BCUT2D eigenvalue weighted by Crippen LogP contribution is 2.25. The zero-order valence-corrected chi connectivity index (χ0v) is 9.63. The van der Waals surface area contributed by atoms with E-state index in [0.717, 1.165) is 6.07 Å². The van der Waals surface area contributed by atoms with Crippen molar-refractivity contribution in [3.8, 4) is 0 Å². The fourth-order valence-corrected chi connectivity index (χ4v) is 2.23. The van der Waals surface area contributed by atoms with Gasteiger partial charge in [-0.25, -0.2) is 0 Å². The molecule has 2 rings (SSSR count). The SMILES string of the molecule is NC1CCc2cc(S(=O)(=O)F)ccc2NC1=O. The van der Waals surface area contributed by atoms with E-state index in [1.165, 1.54) is 12.1 Å². The summed E-state index contributed by atoms with van der Waals surface area (Å²) in [5.74, 6) is -0.320. The molecule has 1 atom stereocenters. The lowest BCUT2D eigenvalue weighted by Gasteiger charge is -2.07. The van der Waals surface area contributed by atoms with Crippen molar-refractivity contribution in [1.29, 1.82) is 0 Å². The van der Waals surface area contributed by atoms with Gasteiger partial charge in [-0.2, -0.15) is 8.42 Å². The van der Waals surface area contributed by atoms with Gasteiger partial charge in [-0.05, 0) is 36.6 Å². The summed E-state index contributed by atoms with van der Waals surface area (Å²) in [6.07, 6.45) is 0.827. The largest absolute Gasteiger partial charge is 0.332 e. The first-order chi connectivity index (χ1) is 7.88. The summed E-state index contributed by atoms with van der Waals surface area (Å²) in [7, 11) is -4.72. The number of carbonyl (C=O) groups excluding carboxylic acids is 1. The van der Waals surface area contributed by atoms with Gasteiger partial charge in [0.2, 0.25) is 5.91 Å². The topological polar surface area (TPSA) is 89.3 Å². The molecule has 5 nitrogen and oxygen atoms in total. The number of amides is 1. The molecular formula is C10H11FN2O3S. The van der Waals surface area contributed by atoms with Crippen LogP contribution in [0.2, 0.25) is 0 Å². The summed E-state index contributed by atoms with van der Waals surface area (Å²) in [5.41, 5.74) is 6.63. The van der Waals surface area contributed by atoms with E-state index in [0.29, 0.717) is 24.1 Å². The van der Waals surface area contributed by atoms with Gasteiger partial charge in [0, 0.05) is 5.69 Å². The number of hydrogen-bond donors (Lipinski definition) is 2. The van der Waals surface area contributed by atoms with Crippen molar-refractivity contribution in [3.05, 3.63) is 23.8 Å². The van der Waals surface area contributed by atoms with Crippen LogP contribution in [-0.4, -0.2) is 20.4 Å². The highest BCUT2D eigenvalue weighted by atomic mass is 32.3. The summed E-state index contributed by atoms with van der Waals surface area (Å²) < 4.78 is 34.3. The molecule has 1 amide bonds. The highest BCUT2D eigenvalue weighted by Gasteiger charge is 2.22. The van der Waals surface area contributed by atoms with Crippen molar-refractivity contribution in [1.82, 2.24) is 0 Å². The number of aryl methyl sites for hydroxylation is 1. The molecule has 1 aromatic rings. The molecule has 0 bridgehead atoms. The van der Waals surface area contributed by atoms with E-state index in [1.807, 2.05) is 0 Å². The van der Waals surface area contributed by atoms with Crippen LogP contribution in [0.1, 0.15) is 12.0 Å². The second-order valence-corrected chi connectivity index (χ2v) is 5.24. The van der Waals surface area contributed by atoms with Gasteiger partial charge in [-0.15, -0.1) is 3.89 Å². The summed E-state index contributed by atoms with van der Waals surface area (Å²) in [6.45, 7) is 0. The number of benzene rings is 1. The predicted molar refractivity (Wildman–Crippen MR) is 59.7 cm³/mol. The van der Waals surface area contributed by atoms with E-state index >= 15 is 0 Å². The first-order valence-corrected chi connectivity index (χ1v) is 6.40. The first kappa shape index (κ1) is 12.0. The molecule has 0 saturated heterocycles. The van der Waals surface area contributed by atoms with E-state index in [1.54, 1.807) is 0 Å². The van der Waals surface area contributed by atoms with Crippen molar-refractivity contribution < 1.29 is 17.1 Å². The van der Waals surface area contributed by atoms with Crippen molar-refractivity contribution in [3.63, 3.8) is 0 Å². The number of nitrogens with two attached hydrogens (primary N) is 1. The number of carbonyl (C=O) groups is 1. The van der Waals surface area contributed by atoms with Gasteiger partial charge in [0.15, 0.2) is 0 Å². The first-order valence-electron chi connectivity index (χ1n) is 5.02. The number of rotatable bonds is 1. The standard InChI is InChI=1S/C10H11FN2O3S/c11-17(15,16)7-2-4-9-6(5-7)1-3-8(12)10(14)13-9/h2,4-5,8H,1,3,12H2,(H,13,14). The number of hydrogen-bond acceptors (Lipinski definition) is 4. The van der Waals surface area contributed by atoms with E-state index in [9.17, 15) is 17.1 Å². The van der Waals surface area contributed by atoms with Gasteiger partial charge >= 0.3 is 10.2 Å². The summed E-state index contributed by atoms with van der Waals surface area (Å²) in [5, 5.41) is 2.57. The molecule has 0 saturated carbocycles. The number of halogens is 1. The zero-order valence-electron chi connectivity index (χ0n) is 8.81. The zero-order chi connectivity index (χ0) is 12.6. The Morgan fingerprint density at radius 3 is 2.76 bits per heavy atom. The van der Waals surface area contributed by atoms with E-state index < -0.39 is 21.2 Å². The average molecular weight is 258 g/mol. The van der Waals surface area contributed by atoms with Crippen LogP contribution in [0.15, 0.2) is 23.1 Å². The summed E-state index contributed by atoms with van der Waals surface area (Å²) in [6, 6.07) is 3.08. The number of fused-ring (bicyclic) bond motifs is 1. The maximum absolute atomic E-state index is 12.8. The molecule has 1 aromatic carbocycles. The van der Waals surface area contributed by atoms with Crippen LogP contribution in [0.25, 0.3) is 0 Å². The van der Waals surface area contributed by atoms with Crippen LogP contribution in [0.4, 0.5) is 9.57 Å². The molecule has 1 aliphatic heterocycles. The van der Waals surface area contributed by atoms with Gasteiger partial charge < -0.3 is 11.1 Å². The Hall–Kier alpha value is -1.47. The van der Waals surface area contributed by atoms with Crippen LogP contribution >= 0.6 is 0 Å². The second kappa shape index (κ2) is 4.08. The maximum atomic E-state index is 12.8. The smallest absolute Gasteiger partial charge is 0.324 e. The van der Waals surface area contributed by atoms with Crippen LogP contribution in [0, 0.1) is 0 Å². The Balaban J connectivity index is 2.45. The van der Waals surface area contributed by atoms with Crippen LogP contribution in [0.3, 0.4) is 0 Å². The highest BCUT2D eigenvalue weighted by molar-refractivity contribution is 7.86. The van der Waals surface area contributed by atoms with E-state index in [2.05, 4.69) is 5.32 Å². The number of anilines is 1. The van der Waals surface area contributed by atoms with Crippen LogP contribution in [-0.2, 0) is 21.4 Å². The summed E-state index contributed by atoms with van der Waals surface area (Å²) >= 11 is 0. The van der Waals surface area contributed by atoms with Crippen LogP contribution < -0.4 is 11.1 Å². The lowest BCUT2D eigenvalue weighted by molar-refractivity contribution is -0.117. The Morgan fingerprint density at radius 2 is 2.12 bits per heavy atom. The Labute approximate surface area is 98.0 Å². The molecule has 7 heteroatoms. The molecule has 3 N–H and O–H groups in total. The quantitative estimate of drug-likeness (QED) is 0.720. The van der Waals surface area contributed by atoms with Gasteiger partial charge in [-0.1, -0.05) is 0 Å². The molecule has 0 radical (unpaired) electrons. The van der Waals surface area contributed by atoms with Crippen molar-refractivity contribution in [2.24, 2.45) is 5.73 Å². The van der Waals surface area contributed by atoms with Gasteiger partial charge in [-0.3, -0.25) is 4.79 Å². The third kappa shape index (κ3) is 2.45. The fraction of sp³-hybridized carbons (Fsp3) is 0.300. The van der Waals surface area contributed by atoms with Gasteiger partial charge in [0.25, 0.3) is 0 Å². The normalized spacial score (nSPS) is 20.4. The van der Waals surface area contributed by atoms with Crippen molar-refractivity contribution >= 4 is 21.8 Å². The molecule has 1 heterocycles. The molecule has 92 valence electrons. The van der Waals surface area contributed by atoms with E-state index in [4.69, 9.17) is 5.73 Å². The summed E-state index contributed by atoms with van der Waals surface area (Å²) in [4.78, 5) is 11.0. The Kier molecular flexibility index (Phi) is 2.88. The molecule has 17 heavy (non-hydrogen) atoms. The lowest BCUT2D eigenvalue weighted by Crippen LogP contribution is -2.34. The number of nitrogens with one attached hydrogen (secondary N) is 1. The minimum absolute atomic E-state index is 0.320. The predicted octanol–water partition coefficient (Wildman–Crippen LogP) is 0.557. The van der Waals surface area contributed by atoms with Gasteiger partial charge in [0.05, 0.1) is 10.9 Å². The van der Waals surface area contributed by atoms with Gasteiger partial charge in [0.1, 0.15) is 0 Å². The third-order valence-electron chi connectivity index (χ3n) is 2.68. The minimum atomic E-state index is -4.72. The van der Waals surface area contributed by atoms with Crippen molar-refractivity contribution in [2.75, 3.05) is 5.32 Å². The fourth-order valence-electron chi connectivity index (χ4n) is 1.72. The minimum Gasteiger partial charge on any atom is -0.324 e. The molecule has 1 aliphatic rings. The Bertz CT molecular complexity index is 571. The molecule has 0 aromatic heterocycles. The average Bonchev–Trinajstić information content (AvgIpc) is 2.38.